The second-order valence-corrected chi connectivity index (χ2v) is 7.14. The highest BCUT2D eigenvalue weighted by atomic mass is 19.4. The van der Waals surface area contributed by atoms with E-state index in [2.05, 4.69) is 20.8 Å². The smallest absolute Gasteiger partial charge is 0.366 e. The van der Waals surface area contributed by atoms with Crippen molar-refractivity contribution in [3.63, 3.8) is 0 Å². The largest absolute Gasteiger partial charge is 0.416 e. The van der Waals surface area contributed by atoms with Crippen molar-refractivity contribution in [3.8, 4) is 0 Å². The van der Waals surface area contributed by atoms with E-state index in [9.17, 15) is 35.9 Å². The molecule has 3 rings (SSSR count). The lowest BCUT2D eigenvalue weighted by Crippen LogP contribution is -2.29. The van der Waals surface area contributed by atoms with E-state index in [0.717, 1.165) is 0 Å². The predicted molar refractivity (Wildman–Crippen MR) is 109 cm³/mol. The number of benzene rings is 2. The van der Waals surface area contributed by atoms with Crippen LogP contribution in [0.3, 0.4) is 0 Å². The van der Waals surface area contributed by atoms with Crippen LogP contribution in [0.4, 0.5) is 32.2 Å². The SMILES string of the molecule is O=C(CCc1cc(C(F)(F)F)cc(C(F)(F)F)c1)NCCNc1n[nH]c(=O)c2ccccc12. The molecule has 1 aromatic heterocycles. The molecule has 3 N–H and O–H groups in total. The monoisotopic (exact) mass is 472 g/mol. The Labute approximate surface area is 183 Å². The molecule has 0 atom stereocenters. The van der Waals surface area contributed by atoms with Crippen molar-refractivity contribution in [1.29, 1.82) is 0 Å². The number of halogens is 6. The summed E-state index contributed by atoms with van der Waals surface area (Å²) in [5.74, 6) is -0.148. The van der Waals surface area contributed by atoms with Gasteiger partial charge in [-0.2, -0.15) is 31.4 Å². The van der Waals surface area contributed by atoms with E-state index in [-0.39, 0.29) is 43.1 Å². The number of H-pyrrole nitrogens is 1. The Kier molecular flexibility index (Phi) is 6.94. The van der Waals surface area contributed by atoms with Crippen LogP contribution < -0.4 is 16.2 Å². The molecule has 176 valence electrons. The molecule has 0 unspecified atom stereocenters. The fraction of sp³-hybridized carbons (Fsp3) is 0.286. The van der Waals surface area contributed by atoms with E-state index in [4.69, 9.17) is 0 Å². The highest BCUT2D eigenvalue weighted by Crippen LogP contribution is 2.36. The third kappa shape index (κ3) is 6.24. The number of aromatic amines is 1. The van der Waals surface area contributed by atoms with Crippen molar-refractivity contribution in [3.05, 3.63) is 69.5 Å². The molecule has 0 saturated carbocycles. The average molecular weight is 472 g/mol. The number of carbonyl (C=O) groups excluding carboxylic acids is 1. The van der Waals surface area contributed by atoms with Gasteiger partial charge in [-0.15, -0.1) is 0 Å². The van der Waals surface area contributed by atoms with Crippen LogP contribution in [0.2, 0.25) is 0 Å². The highest BCUT2D eigenvalue weighted by molar-refractivity contribution is 5.90. The van der Waals surface area contributed by atoms with Gasteiger partial charge < -0.3 is 10.6 Å². The Morgan fingerprint density at radius 1 is 0.909 bits per heavy atom. The Morgan fingerprint density at radius 3 is 2.12 bits per heavy atom. The van der Waals surface area contributed by atoms with Crippen LogP contribution in [0.25, 0.3) is 10.8 Å². The maximum Gasteiger partial charge on any atom is 0.416 e. The van der Waals surface area contributed by atoms with Gasteiger partial charge in [-0.3, -0.25) is 9.59 Å². The fourth-order valence-electron chi connectivity index (χ4n) is 3.14. The molecule has 0 aliphatic heterocycles. The lowest BCUT2D eigenvalue weighted by molar-refractivity contribution is -0.143. The molecule has 0 aliphatic carbocycles. The zero-order valence-corrected chi connectivity index (χ0v) is 16.9. The molecule has 2 aromatic carbocycles. The summed E-state index contributed by atoms with van der Waals surface area (Å²) in [6.45, 7) is 0.334. The molecule has 0 bridgehead atoms. The number of fused-ring (bicyclic) bond motifs is 1. The van der Waals surface area contributed by atoms with Gasteiger partial charge in [0.05, 0.1) is 16.5 Å². The van der Waals surface area contributed by atoms with E-state index in [0.29, 0.717) is 28.7 Å². The molecule has 12 heteroatoms. The number of alkyl halides is 6. The van der Waals surface area contributed by atoms with Crippen molar-refractivity contribution >= 4 is 22.5 Å². The zero-order valence-electron chi connectivity index (χ0n) is 16.9. The summed E-state index contributed by atoms with van der Waals surface area (Å²) in [6.07, 6.45) is -10.5. The second-order valence-electron chi connectivity index (χ2n) is 7.14. The Hall–Kier alpha value is -3.57. The van der Waals surface area contributed by atoms with Gasteiger partial charge in [0.25, 0.3) is 5.56 Å². The molecule has 1 heterocycles. The first-order valence-corrected chi connectivity index (χ1v) is 9.71. The molecule has 3 aromatic rings. The Balaban J connectivity index is 1.55. The van der Waals surface area contributed by atoms with Crippen molar-refractivity contribution in [2.45, 2.75) is 25.2 Å². The Bertz CT molecular complexity index is 1170. The van der Waals surface area contributed by atoms with Crippen LogP contribution in [-0.2, 0) is 23.6 Å². The van der Waals surface area contributed by atoms with Crippen molar-refractivity contribution in [1.82, 2.24) is 15.5 Å². The number of amides is 1. The third-order valence-electron chi connectivity index (χ3n) is 4.72. The molecule has 0 aliphatic rings. The first-order valence-electron chi connectivity index (χ1n) is 9.71. The summed E-state index contributed by atoms with van der Waals surface area (Å²) in [7, 11) is 0. The number of carbonyl (C=O) groups is 1. The molecular weight excluding hydrogens is 454 g/mol. The summed E-state index contributed by atoms with van der Waals surface area (Å²) in [6, 6.07) is 8.01. The normalized spacial score (nSPS) is 12.1. The van der Waals surface area contributed by atoms with Gasteiger partial charge in [0.2, 0.25) is 5.91 Å². The van der Waals surface area contributed by atoms with Crippen LogP contribution in [0.1, 0.15) is 23.1 Å². The molecule has 1 amide bonds. The van der Waals surface area contributed by atoms with E-state index >= 15 is 0 Å². The fourth-order valence-corrected chi connectivity index (χ4v) is 3.14. The van der Waals surface area contributed by atoms with Gasteiger partial charge in [-0.05, 0) is 36.2 Å². The highest BCUT2D eigenvalue weighted by Gasteiger charge is 2.36. The summed E-state index contributed by atoms with van der Waals surface area (Å²) in [5, 5.41) is 12.7. The molecule has 0 spiro atoms. The molecule has 0 radical (unpaired) electrons. The molecule has 6 nitrogen and oxygen atoms in total. The lowest BCUT2D eigenvalue weighted by Gasteiger charge is -2.14. The number of aromatic nitrogens is 2. The number of hydrogen-bond acceptors (Lipinski definition) is 4. The maximum absolute atomic E-state index is 12.9. The maximum atomic E-state index is 12.9. The van der Waals surface area contributed by atoms with E-state index in [1.807, 2.05) is 0 Å². The zero-order chi connectivity index (χ0) is 24.2. The number of nitrogens with one attached hydrogen (secondary N) is 3. The van der Waals surface area contributed by atoms with Gasteiger partial charge >= 0.3 is 12.4 Å². The second kappa shape index (κ2) is 9.51. The molecule has 0 fully saturated rings. The van der Waals surface area contributed by atoms with Gasteiger partial charge in [-0.25, -0.2) is 5.10 Å². The number of rotatable bonds is 7. The van der Waals surface area contributed by atoms with Gasteiger partial charge in [-0.1, -0.05) is 18.2 Å². The summed E-state index contributed by atoms with van der Waals surface area (Å²) in [5.41, 5.74) is -3.43. The first-order chi connectivity index (χ1) is 15.4. The first kappa shape index (κ1) is 24.1. The van der Waals surface area contributed by atoms with Gasteiger partial charge in [0.1, 0.15) is 0 Å². The topological polar surface area (TPSA) is 86.9 Å². The molecule has 33 heavy (non-hydrogen) atoms. The summed E-state index contributed by atoms with van der Waals surface area (Å²) in [4.78, 5) is 23.8. The van der Waals surface area contributed by atoms with Gasteiger partial charge in [0, 0.05) is 24.9 Å². The summed E-state index contributed by atoms with van der Waals surface area (Å²) >= 11 is 0. The van der Waals surface area contributed by atoms with Crippen molar-refractivity contribution < 1.29 is 31.1 Å². The minimum absolute atomic E-state index is 0.0454. The van der Waals surface area contributed by atoms with Crippen LogP contribution in [-0.4, -0.2) is 29.2 Å². The van der Waals surface area contributed by atoms with Gasteiger partial charge in [0.15, 0.2) is 5.82 Å². The number of anilines is 1. The minimum Gasteiger partial charge on any atom is -0.366 e. The molecular formula is C21H18F6N4O2. The van der Waals surface area contributed by atoms with E-state index in [1.54, 1.807) is 24.3 Å². The van der Waals surface area contributed by atoms with E-state index in [1.165, 1.54) is 0 Å². The average Bonchev–Trinajstić information content (AvgIpc) is 2.75. The molecule has 0 saturated heterocycles. The third-order valence-corrected chi connectivity index (χ3v) is 4.72. The summed E-state index contributed by atoms with van der Waals surface area (Å²) < 4.78 is 77.5. The number of hydrogen-bond donors (Lipinski definition) is 3. The van der Waals surface area contributed by atoms with Crippen molar-refractivity contribution in [2.24, 2.45) is 0 Å². The number of aryl methyl sites for hydroxylation is 1. The van der Waals surface area contributed by atoms with E-state index < -0.39 is 29.4 Å². The lowest BCUT2D eigenvalue weighted by atomic mass is 10.0. The van der Waals surface area contributed by atoms with Crippen LogP contribution in [0.5, 0.6) is 0 Å². The standard InChI is InChI=1S/C21H18F6N4O2/c22-20(23,24)13-9-12(10-14(11-13)21(25,26)27)5-6-17(32)28-7-8-29-18-15-3-1-2-4-16(15)19(33)31-30-18/h1-4,9-11H,5-8H2,(H,28,32)(H,29,30)(H,31,33). The van der Waals surface area contributed by atoms with Crippen LogP contribution >= 0.6 is 0 Å². The Morgan fingerprint density at radius 2 is 1.52 bits per heavy atom. The van der Waals surface area contributed by atoms with Crippen LogP contribution in [0, 0.1) is 0 Å². The predicted octanol–water partition coefficient (Wildman–Crippen LogP) is 4.12. The van der Waals surface area contributed by atoms with Crippen molar-refractivity contribution in [2.75, 3.05) is 18.4 Å². The minimum atomic E-state index is -4.94. The number of nitrogens with zero attached hydrogens (tertiary/aromatic N) is 1. The van der Waals surface area contributed by atoms with Crippen LogP contribution in [0.15, 0.2) is 47.3 Å². The quantitative estimate of drug-likeness (QED) is 0.357.